The number of rotatable bonds is 8. The number of imide groups is 1. The molecule has 1 aromatic carbocycles. The van der Waals surface area contributed by atoms with Crippen LogP contribution in [-0.4, -0.2) is 69.2 Å². The van der Waals surface area contributed by atoms with Gasteiger partial charge in [-0.3, -0.25) is 14.5 Å². The molecule has 2 amide bonds. The van der Waals surface area contributed by atoms with Gasteiger partial charge in [0.15, 0.2) is 0 Å². The van der Waals surface area contributed by atoms with Crippen LogP contribution in [0.1, 0.15) is 5.56 Å². The second kappa shape index (κ2) is 7.89. The number of benzene rings is 1. The van der Waals surface area contributed by atoms with Crippen LogP contribution in [0.4, 0.5) is 0 Å². The van der Waals surface area contributed by atoms with Crippen molar-refractivity contribution in [3.8, 4) is 0 Å². The molecule has 0 radical (unpaired) electrons. The van der Waals surface area contributed by atoms with Crippen LogP contribution in [0.25, 0.3) is 5.57 Å². The third kappa shape index (κ3) is 3.60. The van der Waals surface area contributed by atoms with Gasteiger partial charge in [0.1, 0.15) is 5.70 Å². The lowest BCUT2D eigenvalue weighted by Gasteiger charge is -2.25. The molecule has 0 atom stereocenters. The largest absolute Gasteiger partial charge is 0.383 e. The van der Waals surface area contributed by atoms with E-state index in [1.807, 2.05) is 35.2 Å². The van der Waals surface area contributed by atoms with E-state index in [-0.39, 0.29) is 11.8 Å². The van der Waals surface area contributed by atoms with Gasteiger partial charge in [-0.25, -0.2) is 0 Å². The van der Waals surface area contributed by atoms with Gasteiger partial charge in [-0.05, 0) is 5.56 Å². The fourth-order valence-corrected chi connectivity index (χ4v) is 2.52. The second-order valence-electron chi connectivity index (χ2n) is 5.23. The normalized spacial score (nSPS) is 14.8. The van der Waals surface area contributed by atoms with Gasteiger partial charge in [-0.15, -0.1) is 0 Å². The topological polar surface area (TPSA) is 59.1 Å². The van der Waals surface area contributed by atoms with Crippen molar-refractivity contribution >= 4 is 17.4 Å². The van der Waals surface area contributed by atoms with Crippen LogP contribution in [0.2, 0.25) is 0 Å². The van der Waals surface area contributed by atoms with E-state index in [9.17, 15) is 9.59 Å². The van der Waals surface area contributed by atoms with Crippen molar-refractivity contribution in [2.24, 2.45) is 0 Å². The molecule has 6 heteroatoms. The van der Waals surface area contributed by atoms with E-state index in [0.717, 1.165) is 10.5 Å². The molecule has 1 aliphatic rings. The van der Waals surface area contributed by atoms with Crippen LogP contribution in [-0.2, 0) is 19.1 Å². The fraction of sp³-hybridized carbons (Fsp3) is 0.412. The first kappa shape index (κ1) is 17.2. The standard InChI is InChI=1S/C17H22N2O4/c1-18-16(20)14(13-7-5-4-6-8-13)15(17(18)21)19(9-11-22-2)10-12-23-3/h4-8H,9-12H2,1-3H3. The first-order valence-corrected chi connectivity index (χ1v) is 7.46. The van der Waals surface area contributed by atoms with E-state index in [1.54, 1.807) is 14.2 Å². The van der Waals surface area contributed by atoms with Gasteiger partial charge in [-0.2, -0.15) is 0 Å². The average molecular weight is 318 g/mol. The summed E-state index contributed by atoms with van der Waals surface area (Å²) in [6.45, 7) is 1.94. The van der Waals surface area contributed by atoms with Crippen molar-refractivity contribution in [1.82, 2.24) is 9.80 Å². The lowest BCUT2D eigenvalue weighted by atomic mass is 10.0. The molecule has 0 unspecified atom stereocenters. The molecule has 0 N–H and O–H groups in total. The highest BCUT2D eigenvalue weighted by atomic mass is 16.5. The van der Waals surface area contributed by atoms with Crippen LogP contribution in [0.5, 0.6) is 0 Å². The SMILES string of the molecule is COCCN(CCOC)C1=C(c2ccccc2)C(=O)N(C)C1=O. The van der Waals surface area contributed by atoms with Gasteiger partial charge >= 0.3 is 0 Å². The number of methoxy groups -OCH3 is 2. The molecule has 0 aromatic heterocycles. The Balaban J connectivity index is 2.47. The van der Waals surface area contributed by atoms with Crippen molar-refractivity contribution < 1.29 is 19.1 Å². The highest BCUT2D eigenvalue weighted by Crippen LogP contribution is 2.30. The number of nitrogens with zero attached hydrogens (tertiary/aromatic N) is 2. The summed E-state index contributed by atoms with van der Waals surface area (Å²) in [6, 6.07) is 9.26. The first-order chi connectivity index (χ1) is 11.1. The van der Waals surface area contributed by atoms with E-state index < -0.39 is 0 Å². The Morgan fingerprint density at radius 2 is 1.52 bits per heavy atom. The molecule has 1 aromatic rings. The van der Waals surface area contributed by atoms with Crippen LogP contribution in [0, 0.1) is 0 Å². The Labute approximate surface area is 136 Å². The van der Waals surface area contributed by atoms with Gasteiger partial charge < -0.3 is 14.4 Å². The number of ether oxygens (including phenoxy) is 2. The quantitative estimate of drug-likeness (QED) is 0.669. The minimum absolute atomic E-state index is 0.281. The van der Waals surface area contributed by atoms with Crippen LogP contribution < -0.4 is 0 Å². The Hall–Kier alpha value is -2.18. The molecule has 1 aliphatic heterocycles. The summed E-state index contributed by atoms with van der Waals surface area (Å²) in [6.07, 6.45) is 0. The summed E-state index contributed by atoms with van der Waals surface area (Å²) in [4.78, 5) is 28.1. The zero-order valence-electron chi connectivity index (χ0n) is 13.7. The Morgan fingerprint density at radius 3 is 2.04 bits per heavy atom. The second-order valence-corrected chi connectivity index (χ2v) is 5.23. The molecule has 0 saturated carbocycles. The van der Waals surface area contributed by atoms with E-state index in [1.165, 1.54) is 7.05 Å². The molecule has 23 heavy (non-hydrogen) atoms. The van der Waals surface area contributed by atoms with Gasteiger partial charge in [0, 0.05) is 34.4 Å². The lowest BCUT2D eigenvalue weighted by Crippen LogP contribution is -2.36. The maximum absolute atomic E-state index is 12.6. The van der Waals surface area contributed by atoms with Gasteiger partial charge in [0.05, 0.1) is 18.8 Å². The molecule has 124 valence electrons. The average Bonchev–Trinajstić information content (AvgIpc) is 2.80. The lowest BCUT2D eigenvalue weighted by molar-refractivity contribution is -0.136. The number of likely N-dealkylation sites (N-methyl/N-ethyl adjacent to an activating group) is 1. The van der Waals surface area contributed by atoms with E-state index in [4.69, 9.17) is 9.47 Å². The van der Waals surface area contributed by atoms with Gasteiger partial charge in [0.2, 0.25) is 0 Å². The van der Waals surface area contributed by atoms with Crippen LogP contribution >= 0.6 is 0 Å². The maximum atomic E-state index is 12.6. The predicted octanol–water partition coefficient (Wildman–Crippen LogP) is 0.991. The monoisotopic (exact) mass is 318 g/mol. The zero-order valence-corrected chi connectivity index (χ0v) is 13.7. The Morgan fingerprint density at radius 1 is 0.957 bits per heavy atom. The van der Waals surface area contributed by atoms with Crippen molar-refractivity contribution in [1.29, 1.82) is 0 Å². The predicted molar refractivity (Wildman–Crippen MR) is 86.5 cm³/mol. The summed E-state index contributed by atoms with van der Waals surface area (Å²) in [5.74, 6) is -0.572. The van der Waals surface area contributed by atoms with E-state index in [2.05, 4.69) is 0 Å². The molecule has 0 aliphatic carbocycles. The Kier molecular flexibility index (Phi) is 5.90. The number of carbonyl (C=O) groups excluding carboxylic acids is 2. The highest BCUT2D eigenvalue weighted by molar-refractivity contribution is 6.35. The summed E-state index contributed by atoms with van der Waals surface area (Å²) in [7, 11) is 4.72. The molecule has 2 rings (SSSR count). The minimum Gasteiger partial charge on any atom is -0.383 e. The van der Waals surface area contributed by atoms with Crippen molar-refractivity contribution in [2.75, 3.05) is 47.6 Å². The molecule has 0 saturated heterocycles. The minimum atomic E-state index is -0.291. The van der Waals surface area contributed by atoms with Crippen LogP contribution in [0.15, 0.2) is 36.0 Å². The van der Waals surface area contributed by atoms with Crippen molar-refractivity contribution in [3.05, 3.63) is 41.6 Å². The smallest absolute Gasteiger partial charge is 0.277 e. The molecule has 0 spiro atoms. The zero-order chi connectivity index (χ0) is 16.8. The fourth-order valence-electron chi connectivity index (χ4n) is 2.52. The Bertz CT molecular complexity index is 590. The number of carbonyl (C=O) groups is 2. The van der Waals surface area contributed by atoms with Crippen LogP contribution in [0.3, 0.4) is 0 Å². The summed E-state index contributed by atoms with van der Waals surface area (Å²) in [5, 5.41) is 0. The third-order valence-electron chi connectivity index (χ3n) is 3.77. The summed E-state index contributed by atoms with van der Waals surface area (Å²) < 4.78 is 10.3. The van der Waals surface area contributed by atoms with E-state index >= 15 is 0 Å². The maximum Gasteiger partial charge on any atom is 0.277 e. The molecular weight excluding hydrogens is 296 g/mol. The molecule has 1 heterocycles. The summed E-state index contributed by atoms with van der Waals surface area (Å²) in [5.41, 5.74) is 1.59. The third-order valence-corrected chi connectivity index (χ3v) is 3.77. The molecule has 0 fully saturated rings. The summed E-state index contributed by atoms with van der Waals surface area (Å²) >= 11 is 0. The molecule has 0 bridgehead atoms. The van der Waals surface area contributed by atoms with E-state index in [0.29, 0.717) is 37.6 Å². The number of hydrogen-bond acceptors (Lipinski definition) is 5. The van der Waals surface area contributed by atoms with Gasteiger partial charge in [-0.1, -0.05) is 30.3 Å². The number of hydrogen-bond donors (Lipinski definition) is 0. The molecule has 6 nitrogen and oxygen atoms in total. The number of amides is 2. The van der Waals surface area contributed by atoms with Gasteiger partial charge in [0.25, 0.3) is 11.8 Å². The highest BCUT2D eigenvalue weighted by Gasteiger charge is 2.39. The molecular formula is C17H22N2O4. The van der Waals surface area contributed by atoms with Crippen molar-refractivity contribution in [2.45, 2.75) is 0 Å². The van der Waals surface area contributed by atoms with Crippen molar-refractivity contribution in [3.63, 3.8) is 0 Å². The first-order valence-electron chi connectivity index (χ1n) is 7.46.